The highest BCUT2D eigenvalue weighted by atomic mass is 79.9. The highest BCUT2D eigenvalue weighted by Crippen LogP contribution is 2.35. The van der Waals surface area contributed by atoms with Gasteiger partial charge in [0.15, 0.2) is 17.7 Å². The molecule has 11 nitrogen and oxygen atoms in total. The van der Waals surface area contributed by atoms with Crippen LogP contribution in [0.3, 0.4) is 0 Å². The number of phenolic OH excluding ortho intramolecular Hbond substituents is 1. The van der Waals surface area contributed by atoms with E-state index in [1.807, 2.05) is 0 Å². The third-order valence-corrected chi connectivity index (χ3v) is 5.98. The molecular weight excluding hydrogens is 572 g/mol. The Morgan fingerprint density at radius 2 is 2.05 bits per heavy atom. The van der Waals surface area contributed by atoms with Crippen molar-refractivity contribution in [3.63, 3.8) is 0 Å². The molecule has 0 fully saturated rings. The summed E-state index contributed by atoms with van der Waals surface area (Å²) in [7, 11) is 1.26. The fraction of sp³-hybridized carbons (Fsp3) is 0.292. The van der Waals surface area contributed by atoms with E-state index in [0.29, 0.717) is 44.4 Å². The van der Waals surface area contributed by atoms with Crippen LogP contribution in [-0.4, -0.2) is 55.0 Å². The highest BCUT2D eigenvalue weighted by molar-refractivity contribution is 9.10. The predicted molar refractivity (Wildman–Crippen MR) is 140 cm³/mol. The standard InChI is InChI=1S/C24H26BrClN4O7/c1-4-36-18-8-13(21-20(23(33)35-3)12(2)28-24(34)29-21)5-6-17(18)37-11-19(31)30-27-10-14-7-15(26)9-16(25)22(14)32/h5-10,19,21,30-32H,4,11H2,1-3H3,(H2,28,29,34)/b27-10-/t19-,21-/m0/s1. The number of carbonyl (C=O) groups is 2. The lowest BCUT2D eigenvalue weighted by Gasteiger charge is -2.28. The van der Waals surface area contributed by atoms with E-state index in [2.05, 4.69) is 37.1 Å². The van der Waals surface area contributed by atoms with Crippen molar-refractivity contribution in [2.45, 2.75) is 26.1 Å². The molecule has 2 aromatic carbocycles. The number of halogens is 2. The second kappa shape index (κ2) is 12.7. The molecule has 5 N–H and O–H groups in total. The summed E-state index contributed by atoms with van der Waals surface area (Å²) < 4.78 is 16.7. The van der Waals surface area contributed by atoms with Crippen molar-refractivity contribution in [1.82, 2.24) is 16.1 Å². The summed E-state index contributed by atoms with van der Waals surface area (Å²) in [6, 6.07) is 6.75. The number of aliphatic hydroxyl groups is 1. The number of allylic oxidation sites excluding steroid dienone is 1. The molecule has 198 valence electrons. The summed E-state index contributed by atoms with van der Waals surface area (Å²) in [6.07, 6.45) is 0.104. The van der Waals surface area contributed by atoms with Gasteiger partial charge in [-0.1, -0.05) is 17.7 Å². The van der Waals surface area contributed by atoms with Crippen molar-refractivity contribution >= 4 is 45.7 Å². The lowest BCUT2D eigenvalue weighted by Crippen LogP contribution is -2.45. The van der Waals surface area contributed by atoms with Crippen molar-refractivity contribution in [3.8, 4) is 17.2 Å². The van der Waals surface area contributed by atoms with E-state index in [-0.39, 0.29) is 17.9 Å². The maximum atomic E-state index is 12.4. The van der Waals surface area contributed by atoms with Gasteiger partial charge in [0.25, 0.3) is 0 Å². The van der Waals surface area contributed by atoms with E-state index in [0.717, 1.165) is 0 Å². The van der Waals surface area contributed by atoms with Gasteiger partial charge in [0.05, 0.1) is 36.0 Å². The average Bonchev–Trinajstić information content (AvgIpc) is 2.85. The number of esters is 1. The Kier molecular flexibility index (Phi) is 9.61. The number of aromatic hydroxyl groups is 1. The molecule has 1 heterocycles. The second-order valence-electron chi connectivity index (χ2n) is 7.74. The molecule has 2 amide bonds. The highest BCUT2D eigenvalue weighted by Gasteiger charge is 2.32. The minimum Gasteiger partial charge on any atom is -0.506 e. The SMILES string of the molecule is CCOc1cc([C@@H]2NC(=O)NC(C)=C2C(=O)OC)ccc1OC[C@H](O)N/N=C\c1cc(Cl)cc(Br)c1O. The van der Waals surface area contributed by atoms with Crippen LogP contribution in [0.4, 0.5) is 4.79 Å². The molecule has 0 aromatic heterocycles. The van der Waals surface area contributed by atoms with Crippen molar-refractivity contribution in [2.24, 2.45) is 5.10 Å². The zero-order chi connectivity index (χ0) is 27.1. The second-order valence-corrected chi connectivity index (χ2v) is 9.03. The number of nitrogens with zero attached hydrogens (tertiary/aromatic N) is 1. The Morgan fingerprint density at radius 1 is 1.30 bits per heavy atom. The number of nitrogens with one attached hydrogen (secondary N) is 3. The van der Waals surface area contributed by atoms with Crippen LogP contribution in [0.1, 0.15) is 31.0 Å². The Bertz CT molecular complexity index is 1240. The van der Waals surface area contributed by atoms with Crippen molar-refractivity contribution in [2.75, 3.05) is 20.3 Å². The number of urea groups is 1. The van der Waals surface area contributed by atoms with E-state index in [1.54, 1.807) is 38.1 Å². The van der Waals surface area contributed by atoms with Gasteiger partial charge < -0.3 is 35.1 Å². The van der Waals surface area contributed by atoms with E-state index in [1.165, 1.54) is 19.4 Å². The van der Waals surface area contributed by atoms with Gasteiger partial charge in [-0.15, -0.1) is 0 Å². The quantitative estimate of drug-likeness (QED) is 0.121. The summed E-state index contributed by atoms with van der Waals surface area (Å²) in [5, 5.41) is 29.9. The number of hydrogen-bond acceptors (Lipinski definition) is 9. The van der Waals surface area contributed by atoms with Crippen LogP contribution in [0.25, 0.3) is 0 Å². The molecule has 2 atom stereocenters. The molecule has 0 radical (unpaired) electrons. The number of ether oxygens (including phenoxy) is 3. The van der Waals surface area contributed by atoms with Crippen LogP contribution in [0.2, 0.25) is 5.02 Å². The fourth-order valence-electron chi connectivity index (χ4n) is 3.50. The summed E-state index contributed by atoms with van der Waals surface area (Å²) in [6.45, 7) is 3.53. The first-order valence-electron chi connectivity index (χ1n) is 11.0. The Balaban J connectivity index is 1.72. The van der Waals surface area contributed by atoms with E-state index < -0.39 is 24.3 Å². The van der Waals surface area contributed by atoms with E-state index in [4.69, 9.17) is 25.8 Å². The number of hydrogen-bond donors (Lipinski definition) is 5. The largest absolute Gasteiger partial charge is 0.506 e. The Hall–Kier alpha value is -3.48. The number of aliphatic hydroxyl groups excluding tert-OH is 1. The fourth-order valence-corrected chi connectivity index (χ4v) is 4.33. The number of hydrazone groups is 1. The molecule has 0 saturated carbocycles. The number of phenols is 1. The molecule has 13 heteroatoms. The van der Waals surface area contributed by atoms with Crippen molar-refractivity contribution in [3.05, 3.63) is 62.2 Å². The molecular formula is C24H26BrClN4O7. The van der Waals surface area contributed by atoms with Gasteiger partial charge >= 0.3 is 12.0 Å². The number of benzene rings is 2. The molecule has 0 saturated heterocycles. The van der Waals surface area contributed by atoms with Crippen LogP contribution in [-0.2, 0) is 9.53 Å². The topological polar surface area (TPSA) is 151 Å². The Morgan fingerprint density at radius 3 is 2.76 bits per heavy atom. The minimum absolute atomic E-state index is 0.0486. The van der Waals surface area contributed by atoms with Crippen LogP contribution in [0, 0.1) is 0 Å². The van der Waals surface area contributed by atoms with Gasteiger partial charge in [-0.3, -0.25) is 5.43 Å². The van der Waals surface area contributed by atoms with Gasteiger partial charge in [0.2, 0.25) is 0 Å². The average molecular weight is 598 g/mol. The van der Waals surface area contributed by atoms with Crippen LogP contribution >= 0.6 is 27.5 Å². The normalized spacial score (nSPS) is 16.2. The third-order valence-electron chi connectivity index (χ3n) is 5.16. The minimum atomic E-state index is -1.20. The van der Waals surface area contributed by atoms with Gasteiger partial charge in [-0.25, -0.2) is 9.59 Å². The zero-order valence-corrected chi connectivity index (χ0v) is 22.5. The smallest absolute Gasteiger partial charge is 0.337 e. The number of amides is 2. The molecule has 0 aliphatic carbocycles. The Labute approximate surface area is 226 Å². The number of rotatable bonds is 10. The first kappa shape index (κ1) is 28.1. The molecule has 3 rings (SSSR count). The molecule has 0 spiro atoms. The number of carbonyl (C=O) groups excluding carboxylic acids is 2. The number of methoxy groups -OCH3 is 1. The molecule has 1 aliphatic heterocycles. The van der Waals surface area contributed by atoms with Crippen molar-refractivity contribution < 1.29 is 34.0 Å². The molecule has 1 aliphatic rings. The van der Waals surface area contributed by atoms with Gasteiger partial charge in [0.1, 0.15) is 12.4 Å². The van der Waals surface area contributed by atoms with Crippen LogP contribution in [0.5, 0.6) is 17.2 Å². The maximum absolute atomic E-state index is 12.4. The van der Waals surface area contributed by atoms with Crippen LogP contribution < -0.4 is 25.5 Å². The van der Waals surface area contributed by atoms with Gasteiger partial charge in [-0.05, 0) is 59.6 Å². The summed E-state index contributed by atoms with van der Waals surface area (Å²) in [4.78, 5) is 24.4. The van der Waals surface area contributed by atoms with Gasteiger partial charge in [-0.2, -0.15) is 5.10 Å². The molecule has 0 bridgehead atoms. The maximum Gasteiger partial charge on any atom is 0.337 e. The van der Waals surface area contributed by atoms with E-state index >= 15 is 0 Å². The van der Waals surface area contributed by atoms with E-state index in [9.17, 15) is 19.8 Å². The summed E-state index contributed by atoms with van der Waals surface area (Å²) >= 11 is 9.17. The molecule has 2 aromatic rings. The monoisotopic (exact) mass is 596 g/mol. The lowest BCUT2D eigenvalue weighted by atomic mass is 9.95. The summed E-state index contributed by atoms with van der Waals surface area (Å²) in [5.41, 5.74) is 4.05. The summed E-state index contributed by atoms with van der Waals surface area (Å²) in [5.74, 6) is 0.0421. The zero-order valence-electron chi connectivity index (χ0n) is 20.2. The lowest BCUT2D eigenvalue weighted by molar-refractivity contribution is -0.136. The first-order chi connectivity index (χ1) is 17.6. The molecule has 37 heavy (non-hydrogen) atoms. The third kappa shape index (κ3) is 7.06. The molecule has 0 unspecified atom stereocenters. The first-order valence-corrected chi connectivity index (χ1v) is 12.2. The van der Waals surface area contributed by atoms with Gasteiger partial charge in [0, 0.05) is 16.3 Å². The van der Waals surface area contributed by atoms with Crippen LogP contribution in [0.15, 0.2) is 51.2 Å². The van der Waals surface area contributed by atoms with Crippen molar-refractivity contribution in [1.29, 1.82) is 0 Å². The predicted octanol–water partition coefficient (Wildman–Crippen LogP) is 3.33.